The third kappa shape index (κ3) is 3.89. The molecule has 0 bridgehead atoms. The van der Waals surface area contributed by atoms with E-state index in [1.54, 1.807) is 26.4 Å². The van der Waals surface area contributed by atoms with Gasteiger partial charge in [0.05, 0.1) is 14.2 Å². The molecule has 0 saturated heterocycles. The van der Waals surface area contributed by atoms with Crippen molar-refractivity contribution in [3.05, 3.63) is 35.9 Å². The number of cyclic esters (lactones) is 1. The first-order chi connectivity index (χ1) is 10.3. The second-order valence-corrected chi connectivity index (χ2v) is 10.5. The number of rotatable bonds is 6. The zero-order valence-electron chi connectivity index (χ0n) is 13.6. The SMILES string of the molecule is COc1ccc([C@H](O[Si](C)(C)C)[C@@H]2C=CC(=O)O2)c(OC)c1. The molecule has 0 unspecified atom stereocenters. The van der Waals surface area contributed by atoms with Crippen molar-refractivity contribution in [1.29, 1.82) is 0 Å². The van der Waals surface area contributed by atoms with E-state index in [1.807, 2.05) is 12.1 Å². The summed E-state index contributed by atoms with van der Waals surface area (Å²) in [4.78, 5) is 11.4. The van der Waals surface area contributed by atoms with Crippen LogP contribution in [0.1, 0.15) is 11.7 Å². The van der Waals surface area contributed by atoms with Gasteiger partial charge in [0, 0.05) is 17.7 Å². The van der Waals surface area contributed by atoms with E-state index >= 15 is 0 Å². The summed E-state index contributed by atoms with van der Waals surface area (Å²) in [7, 11) is 1.34. The van der Waals surface area contributed by atoms with E-state index in [9.17, 15) is 4.79 Å². The van der Waals surface area contributed by atoms with Gasteiger partial charge in [-0.05, 0) is 37.8 Å². The van der Waals surface area contributed by atoms with E-state index in [-0.39, 0.29) is 5.97 Å². The Balaban J connectivity index is 2.40. The first kappa shape index (κ1) is 16.6. The van der Waals surface area contributed by atoms with Crippen molar-refractivity contribution < 1.29 is 23.4 Å². The lowest BCUT2D eigenvalue weighted by Crippen LogP contribution is -2.33. The molecule has 5 nitrogen and oxygen atoms in total. The minimum atomic E-state index is -1.86. The number of methoxy groups -OCH3 is 2. The summed E-state index contributed by atoms with van der Waals surface area (Å²) < 4.78 is 22.3. The molecule has 1 aliphatic rings. The van der Waals surface area contributed by atoms with Crippen molar-refractivity contribution in [2.45, 2.75) is 31.8 Å². The summed E-state index contributed by atoms with van der Waals surface area (Å²) in [5.41, 5.74) is 0.843. The van der Waals surface area contributed by atoms with E-state index in [0.29, 0.717) is 11.5 Å². The minimum absolute atomic E-state index is 0.346. The molecule has 0 aliphatic carbocycles. The molecule has 0 N–H and O–H groups in total. The first-order valence-electron chi connectivity index (χ1n) is 7.12. The van der Waals surface area contributed by atoms with Crippen LogP contribution in [0, 0.1) is 0 Å². The van der Waals surface area contributed by atoms with Crippen molar-refractivity contribution in [3.63, 3.8) is 0 Å². The number of hydrogen-bond acceptors (Lipinski definition) is 5. The van der Waals surface area contributed by atoms with Gasteiger partial charge < -0.3 is 18.6 Å². The Morgan fingerprint density at radius 2 is 1.91 bits per heavy atom. The Bertz CT molecular complexity index is 576. The Kier molecular flexibility index (Phi) is 4.93. The van der Waals surface area contributed by atoms with Gasteiger partial charge in [-0.25, -0.2) is 4.79 Å². The maximum atomic E-state index is 11.4. The summed E-state index contributed by atoms with van der Waals surface area (Å²) in [5, 5.41) is 0. The molecule has 0 amide bonds. The van der Waals surface area contributed by atoms with Crippen molar-refractivity contribution in [3.8, 4) is 11.5 Å². The molecule has 1 aliphatic heterocycles. The fourth-order valence-corrected chi connectivity index (χ4v) is 3.31. The summed E-state index contributed by atoms with van der Waals surface area (Å²) >= 11 is 0. The zero-order chi connectivity index (χ0) is 16.3. The van der Waals surface area contributed by atoms with Gasteiger partial charge >= 0.3 is 5.97 Å². The summed E-state index contributed by atoms with van der Waals surface area (Å²) in [6.45, 7) is 6.28. The molecule has 0 aromatic heterocycles. The predicted octanol–water partition coefficient (Wildman–Crippen LogP) is 3.08. The molecule has 1 aromatic carbocycles. The monoisotopic (exact) mass is 322 g/mol. The zero-order valence-corrected chi connectivity index (χ0v) is 14.6. The average Bonchev–Trinajstić information content (AvgIpc) is 2.89. The maximum Gasteiger partial charge on any atom is 0.331 e. The largest absolute Gasteiger partial charge is 0.497 e. The molecule has 2 rings (SSSR count). The highest BCUT2D eigenvalue weighted by Gasteiger charge is 2.34. The highest BCUT2D eigenvalue weighted by atomic mass is 28.4. The predicted molar refractivity (Wildman–Crippen MR) is 85.7 cm³/mol. The quantitative estimate of drug-likeness (QED) is 0.595. The lowest BCUT2D eigenvalue weighted by Gasteiger charge is -2.30. The average molecular weight is 322 g/mol. The molecule has 1 heterocycles. The van der Waals surface area contributed by atoms with Crippen LogP contribution in [0.5, 0.6) is 11.5 Å². The number of carbonyl (C=O) groups excluding carboxylic acids is 1. The fraction of sp³-hybridized carbons (Fsp3) is 0.438. The van der Waals surface area contributed by atoms with Crippen LogP contribution in [0.3, 0.4) is 0 Å². The van der Waals surface area contributed by atoms with Crippen molar-refractivity contribution in [2.75, 3.05) is 14.2 Å². The van der Waals surface area contributed by atoms with E-state index < -0.39 is 20.5 Å². The van der Waals surface area contributed by atoms with Crippen LogP contribution in [0.4, 0.5) is 0 Å². The number of carbonyl (C=O) groups is 1. The summed E-state index contributed by atoms with van der Waals surface area (Å²) in [6, 6.07) is 5.54. The van der Waals surface area contributed by atoms with Crippen LogP contribution in [0.25, 0.3) is 0 Å². The van der Waals surface area contributed by atoms with Crippen LogP contribution < -0.4 is 9.47 Å². The van der Waals surface area contributed by atoms with E-state index in [0.717, 1.165) is 5.56 Å². The van der Waals surface area contributed by atoms with Gasteiger partial charge in [-0.2, -0.15) is 0 Å². The maximum absolute atomic E-state index is 11.4. The molecule has 0 spiro atoms. The van der Waals surface area contributed by atoms with Gasteiger partial charge in [0.15, 0.2) is 14.4 Å². The van der Waals surface area contributed by atoms with Crippen molar-refractivity contribution in [2.24, 2.45) is 0 Å². The lowest BCUT2D eigenvalue weighted by atomic mass is 10.0. The molecule has 6 heteroatoms. The standard InChI is InChI=1S/C16H22O5Si/c1-18-11-6-7-12(14(10-11)19-2)16(21-22(3,4)5)13-8-9-15(17)20-13/h6-10,13,16H,1-5H3/t13-,16-/m0/s1. The Hall–Kier alpha value is -1.79. The molecule has 0 radical (unpaired) electrons. The molecule has 22 heavy (non-hydrogen) atoms. The summed E-state index contributed by atoms with van der Waals surface area (Å²) in [6.07, 6.45) is 2.33. The second kappa shape index (κ2) is 6.54. The minimum Gasteiger partial charge on any atom is -0.497 e. The molecule has 1 aromatic rings. The first-order valence-corrected chi connectivity index (χ1v) is 10.5. The van der Waals surface area contributed by atoms with E-state index in [1.165, 1.54) is 6.08 Å². The third-order valence-corrected chi connectivity index (χ3v) is 4.16. The molecule has 2 atom stereocenters. The van der Waals surface area contributed by atoms with Gasteiger partial charge in [-0.15, -0.1) is 0 Å². The van der Waals surface area contributed by atoms with Gasteiger partial charge in [0.2, 0.25) is 0 Å². The molecular formula is C16H22O5Si. The van der Waals surface area contributed by atoms with Crippen LogP contribution in [0.15, 0.2) is 30.4 Å². The van der Waals surface area contributed by atoms with Crippen molar-refractivity contribution in [1.82, 2.24) is 0 Å². The highest BCUT2D eigenvalue weighted by Crippen LogP contribution is 2.37. The molecule has 0 saturated carbocycles. The van der Waals surface area contributed by atoms with E-state index in [4.69, 9.17) is 18.6 Å². The molecular weight excluding hydrogens is 300 g/mol. The molecule has 120 valence electrons. The number of benzene rings is 1. The number of ether oxygens (including phenoxy) is 3. The van der Waals surface area contributed by atoms with E-state index in [2.05, 4.69) is 19.6 Å². The van der Waals surface area contributed by atoms with Gasteiger partial charge in [-0.1, -0.05) is 0 Å². The van der Waals surface area contributed by atoms with Crippen LogP contribution >= 0.6 is 0 Å². The van der Waals surface area contributed by atoms with Gasteiger partial charge in [0.1, 0.15) is 17.6 Å². The Morgan fingerprint density at radius 3 is 2.41 bits per heavy atom. The van der Waals surface area contributed by atoms with Gasteiger partial charge in [0.25, 0.3) is 0 Å². The third-order valence-electron chi connectivity index (χ3n) is 3.20. The molecule has 0 fully saturated rings. The van der Waals surface area contributed by atoms with Crippen LogP contribution in [-0.4, -0.2) is 34.6 Å². The Morgan fingerprint density at radius 1 is 1.18 bits per heavy atom. The number of esters is 1. The fourth-order valence-electron chi connectivity index (χ4n) is 2.29. The second-order valence-electron chi connectivity index (χ2n) is 6.02. The number of hydrogen-bond donors (Lipinski definition) is 0. The Labute approximate surface area is 132 Å². The lowest BCUT2D eigenvalue weighted by molar-refractivity contribution is -0.142. The van der Waals surface area contributed by atoms with Gasteiger partial charge in [-0.3, -0.25) is 0 Å². The topological polar surface area (TPSA) is 54.0 Å². The summed E-state index contributed by atoms with van der Waals surface area (Å²) in [5.74, 6) is 1.01. The highest BCUT2D eigenvalue weighted by molar-refractivity contribution is 6.69. The normalized spacial score (nSPS) is 19.0. The van der Waals surface area contributed by atoms with Crippen LogP contribution in [0.2, 0.25) is 19.6 Å². The van der Waals surface area contributed by atoms with Crippen LogP contribution in [-0.2, 0) is 14.0 Å². The smallest absolute Gasteiger partial charge is 0.331 e. The van der Waals surface area contributed by atoms with Crippen molar-refractivity contribution >= 4 is 14.3 Å².